The lowest BCUT2D eigenvalue weighted by Crippen LogP contribution is -2.19. The summed E-state index contributed by atoms with van der Waals surface area (Å²) in [5.41, 5.74) is 4.96. The van der Waals surface area contributed by atoms with Crippen molar-refractivity contribution in [3.63, 3.8) is 0 Å². The molecule has 8 nitrogen and oxygen atoms in total. The van der Waals surface area contributed by atoms with E-state index in [1.165, 1.54) is 24.3 Å². The number of hydrogen-bond donors (Lipinski definition) is 2. The van der Waals surface area contributed by atoms with E-state index in [0.29, 0.717) is 22.5 Å². The van der Waals surface area contributed by atoms with Crippen molar-refractivity contribution in [2.24, 2.45) is 5.10 Å². The number of hydrazone groups is 1. The average Bonchev–Trinajstić information content (AvgIpc) is 2.78. The van der Waals surface area contributed by atoms with Crippen LogP contribution in [0.4, 0.5) is 11.4 Å². The van der Waals surface area contributed by atoms with Crippen LogP contribution in [-0.2, 0) is 0 Å². The van der Waals surface area contributed by atoms with Gasteiger partial charge >= 0.3 is 0 Å². The molecule has 0 aliphatic rings. The lowest BCUT2D eigenvalue weighted by Gasteiger charge is -2.08. The molecular formula is C22H18N4O4. The SMILES string of the molecule is C/C(=N/NC(=O)c1ccc([N+](=O)[O-])cc1)c1cccc(NC(=O)c2ccccc2)c1. The monoisotopic (exact) mass is 402 g/mol. The van der Waals surface area contributed by atoms with Crippen molar-refractivity contribution in [2.75, 3.05) is 5.32 Å². The highest BCUT2D eigenvalue weighted by molar-refractivity contribution is 6.06. The van der Waals surface area contributed by atoms with Gasteiger partial charge < -0.3 is 5.32 Å². The zero-order valence-electron chi connectivity index (χ0n) is 16.0. The molecule has 3 aromatic carbocycles. The van der Waals surface area contributed by atoms with E-state index in [0.717, 1.165) is 0 Å². The Balaban J connectivity index is 1.67. The van der Waals surface area contributed by atoms with E-state index in [1.807, 2.05) is 6.07 Å². The van der Waals surface area contributed by atoms with Gasteiger partial charge in [0.25, 0.3) is 17.5 Å². The number of nitro benzene ring substituents is 1. The molecule has 0 aliphatic heterocycles. The van der Waals surface area contributed by atoms with E-state index in [2.05, 4.69) is 15.8 Å². The number of non-ortho nitro benzene ring substituents is 1. The van der Waals surface area contributed by atoms with Gasteiger partial charge in [-0.2, -0.15) is 5.10 Å². The van der Waals surface area contributed by atoms with Crippen LogP contribution in [0.25, 0.3) is 0 Å². The first kappa shape index (κ1) is 20.4. The maximum atomic E-state index is 12.3. The highest BCUT2D eigenvalue weighted by Gasteiger charge is 2.10. The number of nitro groups is 1. The second-order valence-corrected chi connectivity index (χ2v) is 6.34. The molecule has 2 N–H and O–H groups in total. The van der Waals surface area contributed by atoms with Crippen molar-refractivity contribution in [2.45, 2.75) is 6.92 Å². The fourth-order valence-corrected chi connectivity index (χ4v) is 2.61. The smallest absolute Gasteiger partial charge is 0.271 e. The van der Waals surface area contributed by atoms with Gasteiger partial charge in [0, 0.05) is 28.9 Å². The number of amides is 2. The molecule has 3 rings (SSSR count). The van der Waals surface area contributed by atoms with Gasteiger partial charge in [0.1, 0.15) is 0 Å². The summed E-state index contributed by atoms with van der Waals surface area (Å²) in [6.45, 7) is 1.72. The van der Waals surface area contributed by atoms with Crippen LogP contribution in [0.2, 0.25) is 0 Å². The number of carbonyl (C=O) groups excluding carboxylic acids is 2. The van der Waals surface area contributed by atoms with Gasteiger partial charge in [-0.05, 0) is 48.9 Å². The molecule has 0 bridgehead atoms. The van der Waals surface area contributed by atoms with E-state index in [4.69, 9.17) is 0 Å². The van der Waals surface area contributed by atoms with Crippen LogP contribution < -0.4 is 10.7 Å². The second-order valence-electron chi connectivity index (χ2n) is 6.34. The van der Waals surface area contributed by atoms with Crippen molar-refractivity contribution in [1.29, 1.82) is 0 Å². The van der Waals surface area contributed by atoms with Gasteiger partial charge in [0.2, 0.25) is 0 Å². The second kappa shape index (κ2) is 9.24. The molecule has 0 spiro atoms. The maximum absolute atomic E-state index is 12.3. The minimum Gasteiger partial charge on any atom is -0.322 e. The third-order valence-corrected chi connectivity index (χ3v) is 4.24. The minimum absolute atomic E-state index is 0.0967. The minimum atomic E-state index is -0.534. The van der Waals surface area contributed by atoms with Crippen molar-refractivity contribution >= 4 is 28.9 Å². The molecule has 150 valence electrons. The lowest BCUT2D eigenvalue weighted by atomic mass is 10.1. The summed E-state index contributed by atoms with van der Waals surface area (Å²) >= 11 is 0. The molecule has 0 saturated heterocycles. The third-order valence-electron chi connectivity index (χ3n) is 4.24. The Bertz CT molecular complexity index is 1110. The molecule has 0 aliphatic carbocycles. The molecule has 0 aromatic heterocycles. The predicted molar refractivity (Wildman–Crippen MR) is 114 cm³/mol. The standard InChI is InChI=1S/C22H18N4O4/c1-15(24-25-22(28)17-10-12-20(13-11-17)26(29)30)18-8-5-9-19(14-18)23-21(27)16-6-3-2-4-7-16/h2-14H,1H3,(H,23,27)(H,25,28)/b24-15-. The number of rotatable bonds is 6. The summed E-state index contributed by atoms with van der Waals surface area (Å²) in [6, 6.07) is 21.2. The van der Waals surface area contributed by atoms with Gasteiger partial charge in [0.15, 0.2) is 0 Å². The fraction of sp³-hybridized carbons (Fsp3) is 0.0455. The Kier molecular flexibility index (Phi) is 6.29. The molecule has 0 atom stereocenters. The predicted octanol–water partition coefficient (Wildman–Crippen LogP) is 4.00. The normalized spacial score (nSPS) is 10.9. The van der Waals surface area contributed by atoms with Crippen LogP contribution in [0.1, 0.15) is 33.2 Å². The lowest BCUT2D eigenvalue weighted by molar-refractivity contribution is -0.384. The van der Waals surface area contributed by atoms with E-state index in [-0.39, 0.29) is 17.2 Å². The van der Waals surface area contributed by atoms with Gasteiger partial charge in [-0.15, -0.1) is 0 Å². The first-order valence-corrected chi connectivity index (χ1v) is 9.00. The summed E-state index contributed by atoms with van der Waals surface area (Å²) in [5.74, 6) is -0.716. The average molecular weight is 402 g/mol. The molecule has 30 heavy (non-hydrogen) atoms. The first-order valence-electron chi connectivity index (χ1n) is 9.00. The molecule has 0 unspecified atom stereocenters. The molecule has 3 aromatic rings. The van der Waals surface area contributed by atoms with Gasteiger partial charge in [-0.3, -0.25) is 19.7 Å². The zero-order chi connectivity index (χ0) is 21.5. The van der Waals surface area contributed by atoms with Crippen LogP contribution in [0.3, 0.4) is 0 Å². The highest BCUT2D eigenvalue weighted by atomic mass is 16.6. The van der Waals surface area contributed by atoms with E-state index in [1.54, 1.807) is 55.5 Å². The molecule has 2 amide bonds. The summed E-state index contributed by atoms with van der Waals surface area (Å²) in [5, 5.41) is 17.6. The summed E-state index contributed by atoms with van der Waals surface area (Å²) in [6.07, 6.45) is 0. The quantitative estimate of drug-likeness (QED) is 0.368. The Morgan fingerprint density at radius 1 is 0.833 bits per heavy atom. The maximum Gasteiger partial charge on any atom is 0.271 e. The Morgan fingerprint density at radius 2 is 1.47 bits per heavy atom. The van der Waals surface area contributed by atoms with Crippen molar-refractivity contribution in [3.05, 3.63) is 106 Å². The number of benzene rings is 3. The van der Waals surface area contributed by atoms with Crippen LogP contribution in [0.5, 0.6) is 0 Å². The van der Waals surface area contributed by atoms with Crippen molar-refractivity contribution in [1.82, 2.24) is 5.43 Å². The van der Waals surface area contributed by atoms with Crippen molar-refractivity contribution in [3.8, 4) is 0 Å². The van der Waals surface area contributed by atoms with Crippen LogP contribution in [0.15, 0.2) is 84.0 Å². The van der Waals surface area contributed by atoms with E-state index >= 15 is 0 Å². The number of nitrogens with one attached hydrogen (secondary N) is 2. The molecule has 0 fully saturated rings. The molecule has 0 radical (unpaired) electrons. The zero-order valence-corrected chi connectivity index (χ0v) is 16.0. The number of anilines is 1. The molecule has 8 heteroatoms. The summed E-state index contributed by atoms with van der Waals surface area (Å²) in [7, 11) is 0. The molecule has 0 heterocycles. The van der Waals surface area contributed by atoms with Gasteiger partial charge in [-0.25, -0.2) is 5.43 Å². The van der Waals surface area contributed by atoms with Gasteiger partial charge in [-0.1, -0.05) is 30.3 Å². The van der Waals surface area contributed by atoms with Crippen molar-refractivity contribution < 1.29 is 14.5 Å². The number of carbonyl (C=O) groups is 2. The Labute approximate surface area is 172 Å². The van der Waals surface area contributed by atoms with Crippen LogP contribution >= 0.6 is 0 Å². The number of hydrogen-bond acceptors (Lipinski definition) is 5. The Hall–Kier alpha value is -4.33. The largest absolute Gasteiger partial charge is 0.322 e. The van der Waals surface area contributed by atoms with E-state index < -0.39 is 10.8 Å². The Morgan fingerprint density at radius 3 is 2.13 bits per heavy atom. The first-order chi connectivity index (χ1) is 14.4. The number of nitrogens with zero attached hydrogens (tertiary/aromatic N) is 2. The third kappa shape index (κ3) is 5.14. The summed E-state index contributed by atoms with van der Waals surface area (Å²) < 4.78 is 0. The van der Waals surface area contributed by atoms with Crippen LogP contribution in [0, 0.1) is 10.1 Å². The summed E-state index contributed by atoms with van der Waals surface area (Å²) in [4.78, 5) is 34.6. The van der Waals surface area contributed by atoms with Gasteiger partial charge in [0.05, 0.1) is 10.6 Å². The molecular weight excluding hydrogens is 384 g/mol. The van der Waals surface area contributed by atoms with E-state index in [9.17, 15) is 19.7 Å². The molecule has 0 saturated carbocycles. The topological polar surface area (TPSA) is 114 Å². The fourth-order valence-electron chi connectivity index (χ4n) is 2.61. The van der Waals surface area contributed by atoms with Crippen LogP contribution in [-0.4, -0.2) is 22.4 Å². The highest BCUT2D eigenvalue weighted by Crippen LogP contribution is 2.14.